The highest BCUT2D eigenvalue weighted by Gasteiger charge is 2.35. The summed E-state index contributed by atoms with van der Waals surface area (Å²) >= 11 is 5.50. The molecule has 1 aromatic rings. The monoisotopic (exact) mass is 238 g/mol. The molecular weight excluding hydrogens is 233 g/mol. The summed E-state index contributed by atoms with van der Waals surface area (Å²) in [6.07, 6.45) is -4.60. The molecular formula is C9H6ClF3O2. The third-order valence-electron chi connectivity index (χ3n) is 1.52. The topological polar surface area (TPSA) is 26.3 Å². The van der Waals surface area contributed by atoms with Crippen molar-refractivity contribution in [3.8, 4) is 5.75 Å². The average molecular weight is 239 g/mol. The summed E-state index contributed by atoms with van der Waals surface area (Å²) in [5.41, 5.74) is -1.06. The first-order chi connectivity index (χ1) is 6.82. The number of benzene rings is 1. The van der Waals surface area contributed by atoms with Gasteiger partial charge in [0.2, 0.25) is 0 Å². The minimum atomic E-state index is -4.60. The maximum Gasteiger partial charge on any atom is 0.420 e. The van der Waals surface area contributed by atoms with Crippen LogP contribution in [-0.2, 0) is 11.0 Å². The van der Waals surface area contributed by atoms with Crippen LogP contribution in [0.2, 0.25) is 5.02 Å². The first-order valence-corrected chi connectivity index (χ1v) is 4.24. The summed E-state index contributed by atoms with van der Waals surface area (Å²) in [4.78, 5) is 10.6. The van der Waals surface area contributed by atoms with Gasteiger partial charge in [-0.05, 0) is 12.1 Å². The Hall–Kier alpha value is -1.23. The van der Waals surface area contributed by atoms with E-state index in [-0.39, 0.29) is 5.02 Å². The molecule has 6 heteroatoms. The van der Waals surface area contributed by atoms with E-state index < -0.39 is 23.5 Å². The van der Waals surface area contributed by atoms with Gasteiger partial charge in [-0.15, -0.1) is 0 Å². The lowest BCUT2D eigenvalue weighted by molar-refractivity contribution is -0.141. The van der Waals surface area contributed by atoms with E-state index in [1.165, 1.54) is 6.07 Å². The highest BCUT2D eigenvalue weighted by atomic mass is 35.5. The summed E-state index contributed by atoms with van der Waals surface area (Å²) in [6.45, 7) is 1.00. The third kappa shape index (κ3) is 2.86. The number of esters is 1. The summed E-state index contributed by atoms with van der Waals surface area (Å²) in [5, 5.41) is -0.250. The van der Waals surface area contributed by atoms with Crippen LogP contribution < -0.4 is 4.74 Å². The summed E-state index contributed by atoms with van der Waals surface area (Å²) < 4.78 is 41.7. The standard InChI is InChI=1S/C9H6ClF3O2/c1-5(14)15-8-6(9(11,12)13)3-2-4-7(8)10/h2-4H,1H3. The second-order valence-electron chi connectivity index (χ2n) is 2.71. The molecule has 0 spiro atoms. The van der Waals surface area contributed by atoms with Gasteiger partial charge in [-0.1, -0.05) is 17.7 Å². The minimum Gasteiger partial charge on any atom is -0.424 e. The van der Waals surface area contributed by atoms with Gasteiger partial charge in [-0.25, -0.2) is 0 Å². The van der Waals surface area contributed by atoms with Crippen molar-refractivity contribution in [2.45, 2.75) is 13.1 Å². The molecule has 82 valence electrons. The molecule has 0 heterocycles. The van der Waals surface area contributed by atoms with Crippen LogP contribution in [0.4, 0.5) is 13.2 Å². The van der Waals surface area contributed by atoms with E-state index in [2.05, 4.69) is 4.74 Å². The Morgan fingerprint density at radius 3 is 2.47 bits per heavy atom. The average Bonchev–Trinajstić information content (AvgIpc) is 2.05. The molecule has 0 unspecified atom stereocenters. The number of para-hydroxylation sites is 1. The van der Waals surface area contributed by atoms with Crippen molar-refractivity contribution in [1.29, 1.82) is 0 Å². The Labute approximate surface area is 88.6 Å². The smallest absolute Gasteiger partial charge is 0.420 e. The van der Waals surface area contributed by atoms with Crippen molar-refractivity contribution in [1.82, 2.24) is 0 Å². The molecule has 0 saturated heterocycles. The number of carbonyl (C=O) groups excluding carboxylic acids is 1. The summed E-state index contributed by atoms with van der Waals surface area (Å²) in [7, 11) is 0. The van der Waals surface area contributed by atoms with Gasteiger partial charge in [0, 0.05) is 6.92 Å². The van der Waals surface area contributed by atoms with Gasteiger partial charge in [0.1, 0.15) is 0 Å². The quantitative estimate of drug-likeness (QED) is 0.554. The van der Waals surface area contributed by atoms with Gasteiger partial charge >= 0.3 is 12.1 Å². The molecule has 0 amide bonds. The van der Waals surface area contributed by atoms with Gasteiger partial charge in [-0.3, -0.25) is 4.79 Å². The Bertz CT molecular complexity index is 387. The molecule has 0 fully saturated rings. The molecule has 1 rings (SSSR count). The van der Waals surface area contributed by atoms with E-state index in [4.69, 9.17) is 11.6 Å². The molecule has 0 bridgehead atoms. The van der Waals surface area contributed by atoms with E-state index >= 15 is 0 Å². The van der Waals surface area contributed by atoms with Crippen LogP contribution in [0.1, 0.15) is 12.5 Å². The van der Waals surface area contributed by atoms with E-state index in [9.17, 15) is 18.0 Å². The number of hydrogen-bond donors (Lipinski definition) is 0. The SMILES string of the molecule is CC(=O)Oc1c(Cl)cccc1C(F)(F)F. The van der Waals surface area contributed by atoms with E-state index in [1.54, 1.807) is 0 Å². The second kappa shape index (κ2) is 4.10. The van der Waals surface area contributed by atoms with Crippen LogP contribution in [0.25, 0.3) is 0 Å². The van der Waals surface area contributed by atoms with Gasteiger partial charge in [0.25, 0.3) is 0 Å². The van der Waals surface area contributed by atoms with Crippen LogP contribution >= 0.6 is 11.6 Å². The van der Waals surface area contributed by atoms with Gasteiger partial charge < -0.3 is 4.74 Å². The Balaban J connectivity index is 3.26. The number of hydrogen-bond acceptors (Lipinski definition) is 2. The normalized spacial score (nSPS) is 11.3. The zero-order valence-electron chi connectivity index (χ0n) is 7.56. The highest BCUT2D eigenvalue weighted by Crippen LogP contribution is 2.40. The van der Waals surface area contributed by atoms with Gasteiger partial charge in [0.05, 0.1) is 10.6 Å². The predicted molar refractivity (Wildman–Crippen MR) is 47.8 cm³/mol. The molecule has 1 aromatic carbocycles. The van der Waals surface area contributed by atoms with Crippen LogP contribution in [-0.4, -0.2) is 5.97 Å². The maximum atomic E-state index is 12.4. The summed E-state index contributed by atoms with van der Waals surface area (Å²) in [5.74, 6) is -1.51. The third-order valence-corrected chi connectivity index (χ3v) is 1.82. The second-order valence-corrected chi connectivity index (χ2v) is 3.12. The first kappa shape index (κ1) is 11.8. The van der Waals surface area contributed by atoms with Crippen molar-refractivity contribution in [2.75, 3.05) is 0 Å². The van der Waals surface area contributed by atoms with Crippen molar-refractivity contribution in [2.24, 2.45) is 0 Å². The molecule has 15 heavy (non-hydrogen) atoms. The first-order valence-electron chi connectivity index (χ1n) is 3.86. The van der Waals surface area contributed by atoms with Crippen molar-refractivity contribution in [3.63, 3.8) is 0 Å². The molecule has 0 atom stereocenters. The summed E-state index contributed by atoms with van der Waals surface area (Å²) in [6, 6.07) is 3.15. The van der Waals surface area contributed by atoms with Crippen LogP contribution in [0.5, 0.6) is 5.75 Å². The number of alkyl halides is 3. The molecule has 2 nitrogen and oxygen atoms in total. The molecule has 0 N–H and O–H groups in total. The van der Waals surface area contributed by atoms with E-state index in [0.29, 0.717) is 0 Å². The van der Waals surface area contributed by atoms with Gasteiger partial charge in [-0.2, -0.15) is 13.2 Å². The highest BCUT2D eigenvalue weighted by molar-refractivity contribution is 6.32. The molecule has 0 aliphatic rings. The molecule has 0 aliphatic heterocycles. The molecule has 0 aromatic heterocycles. The number of carbonyl (C=O) groups is 1. The van der Waals surface area contributed by atoms with Crippen LogP contribution in [0.15, 0.2) is 18.2 Å². The van der Waals surface area contributed by atoms with E-state index in [1.807, 2.05) is 0 Å². The lowest BCUT2D eigenvalue weighted by atomic mass is 10.2. The number of halogens is 4. The number of rotatable bonds is 1. The number of ether oxygens (including phenoxy) is 1. The fraction of sp³-hybridized carbons (Fsp3) is 0.222. The van der Waals surface area contributed by atoms with E-state index in [0.717, 1.165) is 19.1 Å². The zero-order valence-corrected chi connectivity index (χ0v) is 8.32. The Morgan fingerprint density at radius 2 is 2.00 bits per heavy atom. The Morgan fingerprint density at radius 1 is 1.40 bits per heavy atom. The van der Waals surface area contributed by atoms with Crippen molar-refractivity contribution >= 4 is 17.6 Å². The molecule has 0 saturated carbocycles. The fourth-order valence-corrected chi connectivity index (χ4v) is 1.19. The molecule has 0 aliphatic carbocycles. The maximum absolute atomic E-state index is 12.4. The minimum absolute atomic E-state index is 0.250. The lowest BCUT2D eigenvalue weighted by Gasteiger charge is -2.12. The zero-order chi connectivity index (χ0) is 11.6. The van der Waals surface area contributed by atoms with Crippen LogP contribution in [0, 0.1) is 0 Å². The predicted octanol–water partition coefficient (Wildman–Crippen LogP) is 3.28. The fourth-order valence-electron chi connectivity index (χ4n) is 0.980. The van der Waals surface area contributed by atoms with Crippen molar-refractivity contribution < 1.29 is 22.7 Å². The molecule has 0 radical (unpaired) electrons. The Kier molecular flexibility index (Phi) is 3.24. The lowest BCUT2D eigenvalue weighted by Crippen LogP contribution is -2.11. The largest absolute Gasteiger partial charge is 0.424 e. The van der Waals surface area contributed by atoms with Crippen molar-refractivity contribution in [3.05, 3.63) is 28.8 Å². The van der Waals surface area contributed by atoms with Gasteiger partial charge in [0.15, 0.2) is 5.75 Å². The van der Waals surface area contributed by atoms with Crippen LogP contribution in [0.3, 0.4) is 0 Å².